The molecule has 122 valence electrons. The average molecular weight is 371 g/mol. The predicted octanol–water partition coefficient (Wildman–Crippen LogP) is 4.28. The third kappa shape index (κ3) is 4.16. The fraction of sp³-hybridized carbons (Fsp3) is 0.312. The predicted molar refractivity (Wildman–Crippen MR) is 95.0 cm³/mol. The summed E-state index contributed by atoms with van der Waals surface area (Å²) in [5.41, 5.74) is -0.375. The maximum atomic E-state index is 12.3. The summed E-state index contributed by atoms with van der Waals surface area (Å²) in [6.07, 6.45) is 1.51. The molecule has 7 heteroatoms. The lowest BCUT2D eigenvalue weighted by atomic mass is 10.1. The molecule has 2 aromatic rings. The van der Waals surface area contributed by atoms with Crippen LogP contribution in [0, 0.1) is 0 Å². The lowest BCUT2D eigenvalue weighted by Crippen LogP contribution is -2.36. The van der Waals surface area contributed by atoms with Crippen molar-refractivity contribution >= 4 is 40.7 Å². The first-order valence-electron chi connectivity index (χ1n) is 6.90. The van der Waals surface area contributed by atoms with E-state index < -0.39 is 5.54 Å². The van der Waals surface area contributed by atoms with Crippen LogP contribution >= 0.6 is 35.0 Å². The number of hydrogen-bond acceptors (Lipinski definition) is 4. The smallest absolute Gasteiger partial charge is 0.287 e. The Morgan fingerprint density at radius 3 is 2.52 bits per heavy atom. The normalized spacial score (nSPS) is 11.5. The molecule has 0 saturated heterocycles. The first-order valence-corrected chi connectivity index (χ1v) is 8.65. The molecule has 0 aliphatic heterocycles. The van der Waals surface area contributed by atoms with E-state index in [0.717, 1.165) is 0 Å². The van der Waals surface area contributed by atoms with Crippen LogP contribution < -0.4 is 5.56 Å². The van der Waals surface area contributed by atoms with Crippen molar-refractivity contribution < 1.29 is 4.79 Å². The summed E-state index contributed by atoms with van der Waals surface area (Å²) < 4.78 is 1.33. The largest absolute Gasteiger partial charge is 0.293 e. The van der Waals surface area contributed by atoms with E-state index in [1.54, 1.807) is 24.3 Å². The van der Waals surface area contributed by atoms with E-state index in [-0.39, 0.29) is 22.1 Å². The fourth-order valence-corrected chi connectivity index (χ4v) is 3.22. The Morgan fingerprint density at radius 2 is 1.91 bits per heavy atom. The molecule has 0 fully saturated rings. The molecule has 0 N–H and O–H groups in total. The van der Waals surface area contributed by atoms with Crippen molar-refractivity contribution in [3.8, 4) is 0 Å². The molecular formula is C16H16Cl2N2O2S. The molecule has 0 radical (unpaired) electrons. The highest BCUT2D eigenvalue weighted by atomic mass is 35.5. The van der Waals surface area contributed by atoms with Crippen LogP contribution in [0.25, 0.3) is 0 Å². The first kappa shape index (κ1) is 18.0. The Hall–Kier alpha value is -1.30. The van der Waals surface area contributed by atoms with Crippen LogP contribution in [0.3, 0.4) is 0 Å². The number of aromatic nitrogens is 2. The highest BCUT2D eigenvalue weighted by molar-refractivity contribution is 8.00. The molecule has 2 rings (SSSR count). The average Bonchev–Trinajstić information content (AvgIpc) is 2.47. The van der Waals surface area contributed by atoms with E-state index >= 15 is 0 Å². The minimum Gasteiger partial charge on any atom is -0.293 e. The molecule has 0 saturated carbocycles. The van der Waals surface area contributed by atoms with Gasteiger partial charge < -0.3 is 0 Å². The maximum Gasteiger partial charge on any atom is 0.287 e. The second-order valence-electron chi connectivity index (χ2n) is 5.90. The SMILES string of the molecule is CC(C)(C)n1ncc(SCC(=O)c2ccccc2Cl)c(Cl)c1=O. The Kier molecular flexibility index (Phi) is 5.55. The summed E-state index contributed by atoms with van der Waals surface area (Å²) in [5, 5.41) is 4.62. The highest BCUT2D eigenvalue weighted by Gasteiger charge is 2.20. The van der Waals surface area contributed by atoms with Gasteiger partial charge in [-0.05, 0) is 32.9 Å². The minimum atomic E-state index is -0.461. The quantitative estimate of drug-likeness (QED) is 0.595. The van der Waals surface area contributed by atoms with Crippen molar-refractivity contribution in [3.05, 3.63) is 56.4 Å². The second kappa shape index (κ2) is 7.07. The number of benzene rings is 1. The van der Waals surface area contributed by atoms with E-state index in [1.807, 2.05) is 20.8 Å². The zero-order valence-electron chi connectivity index (χ0n) is 13.0. The third-order valence-corrected chi connectivity index (χ3v) is 4.89. The molecule has 0 aliphatic carbocycles. The van der Waals surface area contributed by atoms with Gasteiger partial charge in [-0.2, -0.15) is 5.10 Å². The topological polar surface area (TPSA) is 52.0 Å². The fourth-order valence-electron chi connectivity index (χ4n) is 1.90. The van der Waals surface area contributed by atoms with Gasteiger partial charge in [0.25, 0.3) is 5.56 Å². The van der Waals surface area contributed by atoms with Gasteiger partial charge in [-0.3, -0.25) is 9.59 Å². The van der Waals surface area contributed by atoms with Crippen molar-refractivity contribution in [2.75, 3.05) is 5.75 Å². The first-order chi connectivity index (χ1) is 10.7. The molecule has 0 aliphatic rings. The van der Waals surface area contributed by atoms with Gasteiger partial charge in [0, 0.05) is 5.56 Å². The number of halogens is 2. The van der Waals surface area contributed by atoms with Crippen LogP contribution in [-0.2, 0) is 5.54 Å². The van der Waals surface area contributed by atoms with E-state index in [4.69, 9.17) is 23.2 Å². The number of nitrogens with zero attached hydrogens (tertiary/aromatic N) is 2. The second-order valence-corrected chi connectivity index (χ2v) is 7.70. The molecule has 0 amide bonds. The summed E-state index contributed by atoms with van der Waals surface area (Å²) in [4.78, 5) is 24.9. The van der Waals surface area contributed by atoms with Crippen molar-refractivity contribution in [2.45, 2.75) is 31.2 Å². The summed E-state index contributed by atoms with van der Waals surface area (Å²) >= 11 is 13.3. The van der Waals surface area contributed by atoms with Crippen molar-refractivity contribution in [2.24, 2.45) is 0 Å². The number of carbonyl (C=O) groups excluding carboxylic acids is 1. The zero-order chi connectivity index (χ0) is 17.2. The molecule has 1 heterocycles. The molecule has 0 unspecified atom stereocenters. The molecule has 0 atom stereocenters. The van der Waals surface area contributed by atoms with Gasteiger partial charge in [-0.15, -0.1) is 11.8 Å². The monoisotopic (exact) mass is 370 g/mol. The maximum absolute atomic E-state index is 12.3. The number of carbonyl (C=O) groups is 1. The van der Waals surface area contributed by atoms with Crippen LogP contribution in [0.1, 0.15) is 31.1 Å². The molecular weight excluding hydrogens is 355 g/mol. The summed E-state index contributed by atoms with van der Waals surface area (Å²) in [6.45, 7) is 5.60. The number of ketones is 1. The molecule has 0 spiro atoms. The summed E-state index contributed by atoms with van der Waals surface area (Å²) in [5.74, 6) is 0.000985. The van der Waals surface area contributed by atoms with Crippen molar-refractivity contribution in [1.29, 1.82) is 0 Å². The Balaban J connectivity index is 2.19. The number of hydrogen-bond donors (Lipinski definition) is 0. The van der Waals surface area contributed by atoms with Gasteiger partial charge in [0.2, 0.25) is 0 Å². The lowest BCUT2D eigenvalue weighted by molar-refractivity contribution is 0.102. The number of thioether (sulfide) groups is 1. The van der Waals surface area contributed by atoms with Crippen LogP contribution in [0.2, 0.25) is 10.0 Å². The summed E-state index contributed by atoms with van der Waals surface area (Å²) in [6, 6.07) is 6.85. The molecule has 1 aromatic heterocycles. The van der Waals surface area contributed by atoms with E-state index in [9.17, 15) is 9.59 Å². The van der Waals surface area contributed by atoms with E-state index in [1.165, 1.54) is 22.6 Å². The van der Waals surface area contributed by atoms with Crippen molar-refractivity contribution in [1.82, 2.24) is 9.78 Å². The van der Waals surface area contributed by atoms with Gasteiger partial charge >= 0.3 is 0 Å². The van der Waals surface area contributed by atoms with Crippen LogP contribution in [0.15, 0.2) is 40.2 Å². The molecule has 1 aromatic carbocycles. The Morgan fingerprint density at radius 1 is 1.26 bits per heavy atom. The number of Topliss-reactive ketones (excluding diaryl/α,β-unsaturated/α-hetero) is 1. The van der Waals surface area contributed by atoms with E-state index in [0.29, 0.717) is 15.5 Å². The van der Waals surface area contributed by atoms with Gasteiger partial charge in [0.1, 0.15) is 5.02 Å². The van der Waals surface area contributed by atoms with Gasteiger partial charge in [0.05, 0.1) is 27.4 Å². The van der Waals surface area contributed by atoms with E-state index in [2.05, 4.69) is 5.10 Å². The van der Waals surface area contributed by atoms with Gasteiger partial charge in [-0.1, -0.05) is 35.3 Å². The minimum absolute atomic E-state index is 0.0758. The molecule has 4 nitrogen and oxygen atoms in total. The van der Waals surface area contributed by atoms with Crippen LogP contribution in [0.4, 0.5) is 0 Å². The van der Waals surface area contributed by atoms with Crippen LogP contribution in [0.5, 0.6) is 0 Å². The van der Waals surface area contributed by atoms with Gasteiger partial charge in [-0.25, -0.2) is 4.68 Å². The Bertz CT molecular complexity index is 797. The summed E-state index contributed by atoms with van der Waals surface area (Å²) in [7, 11) is 0. The zero-order valence-corrected chi connectivity index (χ0v) is 15.3. The number of rotatable bonds is 4. The van der Waals surface area contributed by atoms with Crippen LogP contribution in [-0.4, -0.2) is 21.3 Å². The van der Waals surface area contributed by atoms with Crippen molar-refractivity contribution in [3.63, 3.8) is 0 Å². The lowest BCUT2D eigenvalue weighted by Gasteiger charge is -2.21. The Labute approximate surface area is 148 Å². The molecule has 23 heavy (non-hydrogen) atoms. The van der Waals surface area contributed by atoms with Gasteiger partial charge in [0.15, 0.2) is 5.78 Å². The third-order valence-electron chi connectivity index (χ3n) is 3.06. The standard InChI is InChI=1S/C16H16Cl2N2O2S/c1-16(2,3)20-15(22)14(18)13(8-19-20)23-9-12(21)10-6-4-5-7-11(10)17/h4-8H,9H2,1-3H3. The molecule has 0 bridgehead atoms. The highest BCUT2D eigenvalue weighted by Crippen LogP contribution is 2.26.